The van der Waals surface area contributed by atoms with Gasteiger partial charge in [-0.3, -0.25) is 4.55 Å². The lowest BCUT2D eigenvalue weighted by Crippen LogP contribution is -2.27. The summed E-state index contributed by atoms with van der Waals surface area (Å²) in [5.41, 5.74) is 3.51. The molecule has 2 N–H and O–H groups in total. The molecule has 5 nitrogen and oxygen atoms in total. The Morgan fingerprint density at radius 2 is 1.85 bits per heavy atom. The summed E-state index contributed by atoms with van der Waals surface area (Å²) in [6, 6.07) is 14.6. The van der Waals surface area contributed by atoms with E-state index in [4.69, 9.17) is 0 Å². The number of anilines is 1. The highest BCUT2D eigenvalue weighted by Gasteiger charge is 2.44. The molecule has 0 unspecified atom stereocenters. The number of para-hydroxylation sites is 1. The first-order valence-corrected chi connectivity index (χ1v) is 9.94. The minimum atomic E-state index is -4.23. The van der Waals surface area contributed by atoms with Crippen LogP contribution in [0.4, 0.5) is 11.4 Å². The van der Waals surface area contributed by atoms with E-state index < -0.39 is 10.1 Å². The molecular formula is C20H23N2O3S+. The fraction of sp³-hybridized carbons (Fsp3) is 0.250. The van der Waals surface area contributed by atoms with Gasteiger partial charge in [-0.15, -0.1) is 0 Å². The van der Waals surface area contributed by atoms with Crippen LogP contribution < -0.4 is 5.32 Å². The highest BCUT2D eigenvalue weighted by Crippen LogP contribution is 2.41. The van der Waals surface area contributed by atoms with Gasteiger partial charge in [-0.25, -0.2) is 0 Å². The predicted molar refractivity (Wildman–Crippen MR) is 104 cm³/mol. The molecule has 0 fully saturated rings. The van der Waals surface area contributed by atoms with Gasteiger partial charge in [0.2, 0.25) is 5.69 Å². The maximum atomic E-state index is 11.5. The molecule has 0 radical (unpaired) electrons. The molecule has 2 aromatic carbocycles. The summed E-state index contributed by atoms with van der Waals surface area (Å²) in [4.78, 5) is -0.0759. The Labute approximate surface area is 154 Å². The zero-order chi connectivity index (χ0) is 18.9. The molecule has 0 atom stereocenters. The average Bonchev–Trinajstić information content (AvgIpc) is 2.82. The second kappa shape index (κ2) is 6.70. The van der Waals surface area contributed by atoms with Crippen molar-refractivity contribution in [2.24, 2.45) is 0 Å². The molecule has 1 heterocycles. The molecule has 0 saturated carbocycles. The first kappa shape index (κ1) is 18.4. The molecule has 3 rings (SSSR count). The van der Waals surface area contributed by atoms with Crippen molar-refractivity contribution in [3.63, 3.8) is 0 Å². The molecular weight excluding hydrogens is 348 g/mol. The van der Waals surface area contributed by atoms with Crippen LogP contribution in [0.15, 0.2) is 65.7 Å². The molecule has 26 heavy (non-hydrogen) atoms. The van der Waals surface area contributed by atoms with Crippen molar-refractivity contribution in [1.29, 1.82) is 0 Å². The van der Waals surface area contributed by atoms with E-state index in [-0.39, 0.29) is 10.3 Å². The minimum absolute atomic E-state index is 0.0759. The van der Waals surface area contributed by atoms with Gasteiger partial charge in [0.05, 0.1) is 10.3 Å². The summed E-state index contributed by atoms with van der Waals surface area (Å²) in [6.45, 7) is 6.92. The lowest BCUT2D eigenvalue weighted by Gasteiger charge is -2.16. The van der Waals surface area contributed by atoms with Gasteiger partial charge in [0, 0.05) is 29.6 Å². The van der Waals surface area contributed by atoms with Crippen LogP contribution in [-0.2, 0) is 15.5 Å². The maximum Gasteiger partial charge on any atom is 0.294 e. The molecule has 2 aromatic rings. The van der Waals surface area contributed by atoms with Crippen LogP contribution >= 0.6 is 0 Å². The van der Waals surface area contributed by atoms with Crippen LogP contribution in [0.5, 0.6) is 0 Å². The van der Waals surface area contributed by atoms with Gasteiger partial charge < -0.3 is 5.32 Å². The molecule has 1 aliphatic heterocycles. The Balaban J connectivity index is 1.99. The molecule has 0 saturated heterocycles. The zero-order valence-electron chi connectivity index (χ0n) is 15.1. The van der Waals surface area contributed by atoms with Crippen molar-refractivity contribution in [3.8, 4) is 0 Å². The maximum absolute atomic E-state index is 11.5. The van der Waals surface area contributed by atoms with E-state index in [2.05, 4.69) is 30.7 Å². The number of hydrogen-bond acceptors (Lipinski definition) is 3. The third-order valence-electron chi connectivity index (χ3n) is 4.74. The fourth-order valence-electron chi connectivity index (χ4n) is 3.41. The van der Waals surface area contributed by atoms with Crippen LogP contribution in [0.1, 0.15) is 26.3 Å². The van der Waals surface area contributed by atoms with Crippen LogP contribution in [0.25, 0.3) is 0 Å². The second-order valence-electron chi connectivity index (χ2n) is 6.75. The summed E-state index contributed by atoms with van der Waals surface area (Å²) in [7, 11) is -4.23. The van der Waals surface area contributed by atoms with Crippen molar-refractivity contribution in [2.45, 2.75) is 31.1 Å². The molecule has 0 spiro atoms. The van der Waals surface area contributed by atoms with Crippen molar-refractivity contribution in [3.05, 3.63) is 66.4 Å². The summed E-state index contributed by atoms with van der Waals surface area (Å²) in [5.74, 6) is 0. The zero-order valence-corrected chi connectivity index (χ0v) is 15.9. The largest absolute Gasteiger partial charge is 0.361 e. The highest BCUT2D eigenvalue weighted by molar-refractivity contribution is 7.85. The summed E-state index contributed by atoms with van der Waals surface area (Å²) in [6.07, 6.45) is 3.91. The Hall–Kier alpha value is -2.44. The third kappa shape index (κ3) is 3.30. The summed E-state index contributed by atoms with van der Waals surface area (Å²) in [5, 5.41) is 3.25. The molecule has 0 aliphatic carbocycles. The Kier molecular flexibility index (Phi) is 4.73. The van der Waals surface area contributed by atoms with Gasteiger partial charge in [-0.05, 0) is 45.0 Å². The second-order valence-corrected chi connectivity index (χ2v) is 8.17. The highest BCUT2D eigenvalue weighted by atomic mass is 32.2. The molecule has 0 amide bonds. The van der Waals surface area contributed by atoms with Gasteiger partial charge in [-0.2, -0.15) is 13.0 Å². The fourth-order valence-corrected chi connectivity index (χ4v) is 3.91. The van der Waals surface area contributed by atoms with Gasteiger partial charge in [0.25, 0.3) is 10.1 Å². The standard InChI is InChI=1S/C20H22N2O3S/c1-4-22-18-11-10-16(26(23,24)25)14-17(18)20(2,3)19(22)12-13-21-15-8-6-5-7-9-15/h5-14H,4H2,1-3H3,(H,23,24,25)/p+1. The number of benzene rings is 2. The van der Waals surface area contributed by atoms with Crippen molar-refractivity contribution >= 4 is 27.2 Å². The van der Waals surface area contributed by atoms with E-state index in [0.29, 0.717) is 0 Å². The first-order valence-electron chi connectivity index (χ1n) is 8.50. The van der Waals surface area contributed by atoms with Gasteiger partial charge >= 0.3 is 0 Å². The summed E-state index contributed by atoms with van der Waals surface area (Å²) < 4.78 is 34.6. The topological polar surface area (TPSA) is 69.4 Å². The predicted octanol–water partition coefficient (Wildman–Crippen LogP) is 3.96. The smallest absolute Gasteiger partial charge is 0.294 e. The monoisotopic (exact) mass is 371 g/mol. The van der Waals surface area contributed by atoms with Crippen LogP contribution in [0.3, 0.4) is 0 Å². The van der Waals surface area contributed by atoms with Crippen LogP contribution in [0.2, 0.25) is 0 Å². The number of hydrogen-bond donors (Lipinski definition) is 2. The average molecular weight is 371 g/mol. The molecule has 0 bridgehead atoms. The number of allylic oxidation sites excluding steroid dienone is 1. The van der Waals surface area contributed by atoms with Crippen molar-refractivity contribution in [1.82, 2.24) is 0 Å². The lowest BCUT2D eigenvalue weighted by molar-refractivity contribution is -0.433. The van der Waals surface area contributed by atoms with E-state index in [9.17, 15) is 13.0 Å². The summed E-state index contributed by atoms with van der Waals surface area (Å²) >= 11 is 0. The number of nitrogens with zero attached hydrogens (tertiary/aromatic N) is 1. The quantitative estimate of drug-likeness (QED) is 0.617. The van der Waals surface area contributed by atoms with E-state index in [1.165, 1.54) is 6.07 Å². The van der Waals surface area contributed by atoms with E-state index >= 15 is 0 Å². The molecule has 136 valence electrons. The van der Waals surface area contributed by atoms with E-state index in [1.54, 1.807) is 12.1 Å². The van der Waals surface area contributed by atoms with Gasteiger partial charge in [0.1, 0.15) is 6.54 Å². The Morgan fingerprint density at radius 1 is 1.15 bits per heavy atom. The van der Waals surface area contributed by atoms with E-state index in [1.807, 2.05) is 42.6 Å². The number of rotatable bonds is 5. The molecule has 0 aromatic heterocycles. The number of fused-ring (bicyclic) bond motifs is 1. The third-order valence-corrected chi connectivity index (χ3v) is 5.59. The molecule has 1 aliphatic rings. The minimum Gasteiger partial charge on any atom is -0.361 e. The van der Waals surface area contributed by atoms with Gasteiger partial charge in [0.15, 0.2) is 5.71 Å². The SMILES string of the molecule is CC[N+]1=C(C=CNc2ccccc2)C(C)(C)c2cc(S(=O)(=O)O)ccc21. The number of nitrogens with one attached hydrogen (secondary N) is 1. The van der Waals surface area contributed by atoms with Crippen molar-refractivity contribution in [2.75, 3.05) is 11.9 Å². The lowest BCUT2D eigenvalue weighted by atomic mass is 9.81. The first-order chi connectivity index (χ1) is 12.2. The normalized spacial score (nSPS) is 16.2. The van der Waals surface area contributed by atoms with Crippen molar-refractivity contribution < 1.29 is 17.5 Å². The van der Waals surface area contributed by atoms with Crippen LogP contribution in [-0.4, -0.2) is 29.8 Å². The van der Waals surface area contributed by atoms with E-state index in [0.717, 1.165) is 29.2 Å². The van der Waals surface area contributed by atoms with Crippen LogP contribution in [0, 0.1) is 0 Å². The Bertz CT molecular complexity index is 991. The Morgan fingerprint density at radius 3 is 2.46 bits per heavy atom. The molecule has 6 heteroatoms. The van der Waals surface area contributed by atoms with Gasteiger partial charge in [-0.1, -0.05) is 18.2 Å².